The van der Waals surface area contributed by atoms with Crippen LogP contribution < -0.4 is 0 Å². The number of hydrogen-bond donors (Lipinski definition) is 0. The Morgan fingerprint density at radius 3 is 1.17 bits per heavy atom. The zero-order valence-corrected chi connectivity index (χ0v) is 6.90. The van der Waals surface area contributed by atoms with Gasteiger partial charge in [-0.05, 0) is 0 Å². The molecule has 0 saturated carbocycles. The molecule has 1 aromatic rings. The van der Waals surface area contributed by atoms with E-state index in [4.69, 9.17) is 9.47 Å². The molecule has 1 fully saturated rings. The molecular formula is C9H14O3. The Morgan fingerprint density at radius 2 is 1.00 bits per heavy atom. The van der Waals surface area contributed by atoms with E-state index in [1.807, 2.05) is 36.4 Å². The van der Waals surface area contributed by atoms with Crippen LogP contribution in [0.4, 0.5) is 0 Å². The second-order valence-electron chi connectivity index (χ2n) is 2.09. The highest BCUT2D eigenvalue weighted by Gasteiger charge is 1.93. The van der Waals surface area contributed by atoms with Gasteiger partial charge in [0.15, 0.2) is 0 Å². The minimum Gasteiger partial charge on any atom is -0.412 e. The van der Waals surface area contributed by atoms with Gasteiger partial charge in [0, 0.05) is 0 Å². The van der Waals surface area contributed by atoms with Gasteiger partial charge in [-0.25, -0.2) is 0 Å². The Bertz CT molecular complexity index is 126. The molecule has 0 radical (unpaired) electrons. The molecule has 1 heterocycles. The average molecular weight is 170 g/mol. The Morgan fingerprint density at radius 1 is 0.667 bits per heavy atom. The fraction of sp³-hybridized carbons (Fsp3) is 0.333. The largest absolute Gasteiger partial charge is 0.412 e. The zero-order chi connectivity index (χ0) is 7.78. The van der Waals surface area contributed by atoms with Gasteiger partial charge < -0.3 is 14.9 Å². The minimum atomic E-state index is 0. The van der Waals surface area contributed by atoms with Crippen LogP contribution in [0.25, 0.3) is 0 Å². The third kappa shape index (κ3) is 5.85. The Balaban J connectivity index is 0.000000189. The molecule has 0 aromatic heterocycles. The average Bonchev–Trinajstić information content (AvgIpc) is 2.64. The summed E-state index contributed by atoms with van der Waals surface area (Å²) in [6.45, 7) is 2.06. The van der Waals surface area contributed by atoms with Gasteiger partial charge in [-0.1, -0.05) is 36.4 Å². The lowest BCUT2D eigenvalue weighted by atomic mass is 10.4. The van der Waals surface area contributed by atoms with Crippen molar-refractivity contribution in [2.75, 3.05) is 20.0 Å². The van der Waals surface area contributed by atoms with Crippen LogP contribution in [0.15, 0.2) is 36.4 Å². The van der Waals surface area contributed by atoms with E-state index in [1.165, 1.54) is 0 Å². The van der Waals surface area contributed by atoms with E-state index >= 15 is 0 Å². The first-order chi connectivity index (χ1) is 5.50. The lowest BCUT2D eigenvalue weighted by Gasteiger charge is -1.76. The van der Waals surface area contributed by atoms with Crippen LogP contribution in [-0.4, -0.2) is 25.5 Å². The fourth-order valence-electron chi connectivity index (χ4n) is 0.680. The highest BCUT2D eigenvalue weighted by Crippen LogP contribution is 1.85. The van der Waals surface area contributed by atoms with E-state index < -0.39 is 0 Å². The lowest BCUT2D eigenvalue weighted by Crippen LogP contribution is -1.79. The second kappa shape index (κ2) is 8.20. The molecule has 0 atom stereocenters. The predicted molar refractivity (Wildman–Crippen MR) is 46.8 cm³/mol. The molecule has 0 unspecified atom stereocenters. The van der Waals surface area contributed by atoms with Crippen molar-refractivity contribution in [1.82, 2.24) is 0 Å². The van der Waals surface area contributed by atoms with Crippen LogP contribution in [-0.2, 0) is 9.47 Å². The third-order valence-electron chi connectivity index (χ3n) is 1.21. The van der Waals surface area contributed by atoms with Crippen molar-refractivity contribution in [3.8, 4) is 0 Å². The Hall–Kier alpha value is -0.900. The quantitative estimate of drug-likeness (QED) is 0.579. The van der Waals surface area contributed by atoms with Crippen molar-refractivity contribution >= 4 is 0 Å². The fourth-order valence-corrected chi connectivity index (χ4v) is 0.680. The summed E-state index contributed by atoms with van der Waals surface area (Å²) in [5.74, 6) is 0. The molecule has 1 aliphatic heterocycles. The van der Waals surface area contributed by atoms with Crippen molar-refractivity contribution in [3.63, 3.8) is 0 Å². The van der Waals surface area contributed by atoms with Crippen molar-refractivity contribution in [2.45, 2.75) is 0 Å². The molecule has 1 saturated heterocycles. The monoisotopic (exact) mass is 170 g/mol. The second-order valence-corrected chi connectivity index (χ2v) is 2.09. The lowest BCUT2D eigenvalue weighted by molar-refractivity contribution is 0.0692. The SMILES string of the molecule is C1COCO1.O.c1ccccc1. The third-order valence-corrected chi connectivity index (χ3v) is 1.21. The minimum absolute atomic E-state index is 0. The molecule has 0 aliphatic carbocycles. The number of hydrogen-bond acceptors (Lipinski definition) is 2. The summed E-state index contributed by atoms with van der Waals surface area (Å²) in [4.78, 5) is 0. The Kier molecular flexibility index (Phi) is 7.58. The summed E-state index contributed by atoms with van der Waals surface area (Å²) in [5, 5.41) is 0. The first-order valence-electron chi connectivity index (χ1n) is 3.65. The smallest absolute Gasteiger partial charge is 0.146 e. The zero-order valence-electron chi connectivity index (χ0n) is 6.90. The van der Waals surface area contributed by atoms with Crippen molar-refractivity contribution in [3.05, 3.63) is 36.4 Å². The van der Waals surface area contributed by atoms with Gasteiger partial charge in [0.2, 0.25) is 0 Å². The first-order valence-corrected chi connectivity index (χ1v) is 3.65. The van der Waals surface area contributed by atoms with Gasteiger partial charge in [0.1, 0.15) is 6.79 Å². The van der Waals surface area contributed by atoms with E-state index in [0.29, 0.717) is 6.79 Å². The number of benzene rings is 1. The highest BCUT2D eigenvalue weighted by molar-refractivity contribution is 4.99. The van der Waals surface area contributed by atoms with Gasteiger partial charge in [0.05, 0.1) is 13.2 Å². The number of rotatable bonds is 0. The summed E-state index contributed by atoms with van der Waals surface area (Å²) in [6, 6.07) is 12.0. The van der Waals surface area contributed by atoms with Gasteiger partial charge in [-0.15, -0.1) is 0 Å². The Labute approximate surface area is 72.2 Å². The molecule has 3 nitrogen and oxygen atoms in total. The van der Waals surface area contributed by atoms with Crippen LogP contribution in [0, 0.1) is 0 Å². The van der Waals surface area contributed by atoms with E-state index in [0.717, 1.165) is 13.2 Å². The molecule has 0 bridgehead atoms. The molecule has 2 rings (SSSR count). The first kappa shape index (κ1) is 11.1. The maximum atomic E-state index is 4.72. The van der Waals surface area contributed by atoms with Gasteiger partial charge in [-0.3, -0.25) is 0 Å². The van der Waals surface area contributed by atoms with Crippen LogP contribution >= 0.6 is 0 Å². The van der Waals surface area contributed by atoms with E-state index in [-0.39, 0.29) is 5.48 Å². The van der Waals surface area contributed by atoms with Gasteiger partial charge in [-0.2, -0.15) is 0 Å². The van der Waals surface area contributed by atoms with Crippen molar-refractivity contribution < 1.29 is 14.9 Å². The molecule has 3 heteroatoms. The molecule has 12 heavy (non-hydrogen) atoms. The van der Waals surface area contributed by atoms with Crippen molar-refractivity contribution in [2.24, 2.45) is 0 Å². The highest BCUT2D eigenvalue weighted by atomic mass is 16.7. The van der Waals surface area contributed by atoms with Crippen LogP contribution in [0.1, 0.15) is 0 Å². The van der Waals surface area contributed by atoms with Gasteiger partial charge in [0.25, 0.3) is 0 Å². The van der Waals surface area contributed by atoms with E-state index in [1.54, 1.807) is 0 Å². The normalized spacial score (nSPS) is 14.0. The van der Waals surface area contributed by atoms with Crippen LogP contribution in [0.5, 0.6) is 0 Å². The molecule has 2 N–H and O–H groups in total. The van der Waals surface area contributed by atoms with Crippen LogP contribution in [0.3, 0.4) is 0 Å². The summed E-state index contributed by atoms with van der Waals surface area (Å²) in [6.07, 6.45) is 0. The van der Waals surface area contributed by atoms with E-state index in [9.17, 15) is 0 Å². The summed E-state index contributed by atoms with van der Waals surface area (Å²) < 4.78 is 9.44. The summed E-state index contributed by atoms with van der Waals surface area (Å²) in [5.41, 5.74) is 0. The maximum absolute atomic E-state index is 4.72. The molecule has 0 amide bonds. The standard InChI is InChI=1S/C6H6.C3H6O2.H2O/c1-2-4-6-5-3-1;1-2-5-3-4-1;/h1-6H;1-3H2;1H2. The van der Waals surface area contributed by atoms with E-state index in [2.05, 4.69) is 0 Å². The van der Waals surface area contributed by atoms with Crippen LogP contribution in [0.2, 0.25) is 0 Å². The van der Waals surface area contributed by atoms with Gasteiger partial charge >= 0.3 is 0 Å². The van der Waals surface area contributed by atoms with Crippen molar-refractivity contribution in [1.29, 1.82) is 0 Å². The number of ether oxygens (including phenoxy) is 2. The molecule has 68 valence electrons. The molecule has 0 spiro atoms. The molecule has 1 aromatic carbocycles. The summed E-state index contributed by atoms with van der Waals surface area (Å²) in [7, 11) is 0. The predicted octanol–water partition coefficient (Wildman–Crippen LogP) is 0.853. The molecular weight excluding hydrogens is 156 g/mol. The summed E-state index contributed by atoms with van der Waals surface area (Å²) >= 11 is 0. The topological polar surface area (TPSA) is 50.0 Å². The maximum Gasteiger partial charge on any atom is 0.146 e. The molecule has 1 aliphatic rings.